The first-order valence-corrected chi connectivity index (χ1v) is 4.02. The average molecular weight is 195 g/mol. The monoisotopic (exact) mass is 195 g/mol. The van der Waals surface area contributed by atoms with Gasteiger partial charge in [-0.1, -0.05) is 19.7 Å². The van der Waals surface area contributed by atoms with E-state index in [1.54, 1.807) is 41.8 Å². The summed E-state index contributed by atoms with van der Waals surface area (Å²) in [5, 5.41) is 0.505. The Hall–Kier alpha value is -1.42. The molecule has 0 aromatic carbocycles. The molecule has 3 nitrogen and oxygen atoms in total. The van der Waals surface area contributed by atoms with Crippen LogP contribution in [0.15, 0.2) is 43.3 Å². The second kappa shape index (κ2) is 6.14. The molecule has 0 rings (SSSR count). The zero-order chi connectivity index (χ0) is 10.3. The van der Waals surface area contributed by atoms with E-state index in [1.807, 2.05) is 0 Å². The highest BCUT2D eigenvalue weighted by Crippen LogP contribution is 1.99. The van der Waals surface area contributed by atoms with Gasteiger partial charge in [0.15, 0.2) is 5.11 Å². The summed E-state index contributed by atoms with van der Waals surface area (Å²) in [6.07, 6.45) is 6.26. The molecular weight excluding hydrogens is 182 g/mol. The summed E-state index contributed by atoms with van der Waals surface area (Å²) < 4.78 is 0. The minimum atomic E-state index is 0.505. The van der Waals surface area contributed by atoms with Crippen molar-refractivity contribution in [2.75, 3.05) is 7.05 Å². The molecule has 0 aromatic heterocycles. The normalized spacial score (nSPS) is 9.31. The molecule has 0 fully saturated rings. The highest BCUT2D eigenvalue weighted by Gasteiger charge is 2.06. The van der Waals surface area contributed by atoms with Gasteiger partial charge >= 0.3 is 0 Å². The molecule has 13 heavy (non-hydrogen) atoms. The van der Waals surface area contributed by atoms with E-state index in [0.29, 0.717) is 5.11 Å². The lowest BCUT2D eigenvalue weighted by Crippen LogP contribution is -2.32. The van der Waals surface area contributed by atoms with Gasteiger partial charge in [0.2, 0.25) is 0 Å². The van der Waals surface area contributed by atoms with Crippen LogP contribution in [-0.2, 0) is 0 Å². The Morgan fingerprint density at radius 3 is 1.92 bits per heavy atom. The van der Waals surface area contributed by atoms with Crippen molar-refractivity contribution in [3.8, 4) is 0 Å². The van der Waals surface area contributed by atoms with Crippen LogP contribution in [0.25, 0.3) is 0 Å². The van der Waals surface area contributed by atoms with Crippen LogP contribution in [0.1, 0.15) is 0 Å². The van der Waals surface area contributed by atoms with E-state index in [9.17, 15) is 0 Å². The molecule has 70 valence electrons. The predicted molar refractivity (Wildman–Crippen MR) is 61.3 cm³/mol. The number of hydrogen-bond acceptors (Lipinski definition) is 2. The molecule has 0 amide bonds. The zero-order valence-electron chi connectivity index (χ0n) is 7.68. The number of thiocarbonyl (C=S) groups is 1. The highest BCUT2D eigenvalue weighted by molar-refractivity contribution is 7.80. The SMILES string of the molecule is C=CN(C=C)C(=S)N(C=C)C=NC. The standard InChI is InChI=1S/C9H13N3S/c1-5-11(6-2)9(13)12(7-3)8-10-4/h5-8H,1-3H2,4H3. The number of rotatable bonds is 4. The summed E-state index contributed by atoms with van der Waals surface area (Å²) >= 11 is 5.11. The summed E-state index contributed by atoms with van der Waals surface area (Å²) in [7, 11) is 1.66. The van der Waals surface area contributed by atoms with Gasteiger partial charge in [-0.3, -0.25) is 9.89 Å². The summed E-state index contributed by atoms with van der Waals surface area (Å²) in [5.74, 6) is 0. The lowest BCUT2D eigenvalue weighted by Gasteiger charge is -2.22. The van der Waals surface area contributed by atoms with E-state index in [0.717, 1.165) is 0 Å². The van der Waals surface area contributed by atoms with Gasteiger partial charge < -0.3 is 4.90 Å². The summed E-state index contributed by atoms with van der Waals surface area (Å²) in [4.78, 5) is 7.02. The molecule has 0 heterocycles. The Bertz CT molecular complexity index is 237. The molecule has 0 radical (unpaired) electrons. The smallest absolute Gasteiger partial charge is 0.189 e. The van der Waals surface area contributed by atoms with E-state index in [1.165, 1.54) is 0 Å². The third kappa shape index (κ3) is 3.21. The zero-order valence-corrected chi connectivity index (χ0v) is 8.50. The topological polar surface area (TPSA) is 18.8 Å². The summed E-state index contributed by atoms with van der Waals surface area (Å²) in [5.41, 5.74) is 0. The molecule has 0 aliphatic rings. The van der Waals surface area contributed by atoms with Crippen LogP contribution in [0.4, 0.5) is 0 Å². The lowest BCUT2D eigenvalue weighted by atomic mass is 10.6. The molecule has 0 unspecified atom stereocenters. The fourth-order valence-electron chi connectivity index (χ4n) is 0.663. The first kappa shape index (κ1) is 11.6. The molecule has 0 N–H and O–H groups in total. The van der Waals surface area contributed by atoms with Crippen LogP contribution in [-0.4, -0.2) is 28.3 Å². The van der Waals surface area contributed by atoms with Crippen molar-refractivity contribution in [1.29, 1.82) is 0 Å². The number of hydrogen-bond donors (Lipinski definition) is 0. The Morgan fingerprint density at radius 2 is 1.62 bits per heavy atom. The first-order valence-electron chi connectivity index (χ1n) is 3.61. The third-order valence-electron chi connectivity index (χ3n) is 1.27. The van der Waals surface area contributed by atoms with E-state index >= 15 is 0 Å². The molecule has 0 aliphatic carbocycles. The van der Waals surface area contributed by atoms with Crippen LogP contribution >= 0.6 is 12.2 Å². The van der Waals surface area contributed by atoms with Crippen molar-refractivity contribution in [2.24, 2.45) is 4.99 Å². The maximum atomic E-state index is 5.11. The first-order chi connectivity index (χ1) is 6.21. The van der Waals surface area contributed by atoms with E-state index in [4.69, 9.17) is 12.2 Å². The van der Waals surface area contributed by atoms with E-state index in [2.05, 4.69) is 24.7 Å². The number of aliphatic imine (C=N–C) groups is 1. The summed E-state index contributed by atoms with van der Waals surface area (Å²) in [6.45, 7) is 10.8. The largest absolute Gasteiger partial charge is 0.302 e. The van der Waals surface area contributed by atoms with Gasteiger partial charge in [0.1, 0.15) is 0 Å². The van der Waals surface area contributed by atoms with Gasteiger partial charge in [-0.15, -0.1) is 0 Å². The van der Waals surface area contributed by atoms with Gasteiger partial charge in [-0.05, 0) is 12.2 Å². The fraction of sp³-hybridized carbons (Fsp3) is 0.111. The van der Waals surface area contributed by atoms with Crippen LogP contribution in [0, 0.1) is 0 Å². The molecule has 0 aliphatic heterocycles. The van der Waals surface area contributed by atoms with Crippen LogP contribution in [0.2, 0.25) is 0 Å². The third-order valence-corrected chi connectivity index (χ3v) is 1.69. The van der Waals surface area contributed by atoms with Gasteiger partial charge in [0.05, 0.1) is 6.34 Å². The Balaban J connectivity index is 4.61. The molecular formula is C9H13N3S. The highest BCUT2D eigenvalue weighted by atomic mass is 32.1. The number of nitrogens with zero attached hydrogens (tertiary/aromatic N) is 3. The Kier molecular flexibility index (Phi) is 5.47. The molecule has 0 saturated heterocycles. The van der Waals surface area contributed by atoms with Crippen molar-refractivity contribution in [2.45, 2.75) is 0 Å². The molecule has 4 heteroatoms. The molecule has 0 bridgehead atoms. The van der Waals surface area contributed by atoms with Crippen LogP contribution < -0.4 is 0 Å². The minimum absolute atomic E-state index is 0.505. The molecule has 0 spiro atoms. The maximum absolute atomic E-state index is 5.11. The van der Waals surface area contributed by atoms with Crippen molar-refractivity contribution in [1.82, 2.24) is 9.80 Å². The minimum Gasteiger partial charge on any atom is -0.302 e. The summed E-state index contributed by atoms with van der Waals surface area (Å²) in [6, 6.07) is 0. The van der Waals surface area contributed by atoms with Gasteiger partial charge in [-0.2, -0.15) is 0 Å². The molecule has 0 atom stereocenters. The second-order valence-electron chi connectivity index (χ2n) is 2.02. The average Bonchev–Trinajstić information content (AvgIpc) is 2.15. The lowest BCUT2D eigenvalue weighted by molar-refractivity contribution is 0.673. The van der Waals surface area contributed by atoms with Crippen molar-refractivity contribution < 1.29 is 0 Å². The second-order valence-corrected chi connectivity index (χ2v) is 2.38. The molecule has 0 aromatic rings. The van der Waals surface area contributed by atoms with E-state index in [-0.39, 0.29) is 0 Å². The van der Waals surface area contributed by atoms with Gasteiger partial charge in [0.25, 0.3) is 0 Å². The fourth-order valence-corrected chi connectivity index (χ4v) is 0.934. The van der Waals surface area contributed by atoms with Crippen LogP contribution in [0.3, 0.4) is 0 Å². The Labute approximate surface area is 84.4 Å². The quantitative estimate of drug-likeness (QED) is 0.388. The van der Waals surface area contributed by atoms with E-state index < -0.39 is 0 Å². The predicted octanol–water partition coefficient (Wildman–Crippen LogP) is 1.96. The van der Waals surface area contributed by atoms with Gasteiger partial charge in [-0.25, -0.2) is 0 Å². The molecule has 0 saturated carbocycles. The van der Waals surface area contributed by atoms with Crippen molar-refractivity contribution in [3.63, 3.8) is 0 Å². The van der Waals surface area contributed by atoms with Crippen molar-refractivity contribution in [3.05, 3.63) is 38.3 Å². The van der Waals surface area contributed by atoms with Gasteiger partial charge in [0, 0.05) is 25.6 Å². The van der Waals surface area contributed by atoms with Crippen molar-refractivity contribution >= 4 is 23.7 Å². The maximum Gasteiger partial charge on any atom is 0.189 e. The van der Waals surface area contributed by atoms with Crippen LogP contribution in [0.5, 0.6) is 0 Å². The Morgan fingerprint density at radius 1 is 1.15 bits per heavy atom.